The molecule has 6 aromatic carbocycles. The van der Waals surface area contributed by atoms with Crippen LogP contribution < -0.4 is 0 Å². The van der Waals surface area contributed by atoms with Gasteiger partial charge in [0.05, 0.1) is 22.1 Å². The lowest BCUT2D eigenvalue weighted by molar-refractivity contribution is 0.380. The van der Waals surface area contributed by atoms with Crippen LogP contribution in [0.15, 0.2) is 150 Å². The molecule has 11 aromatic rings. The largest absolute Gasteiger partial charge is 0.456 e. The van der Waals surface area contributed by atoms with Crippen LogP contribution in [0, 0.1) is 25.7 Å². The lowest BCUT2D eigenvalue weighted by atomic mass is 9.82. The van der Waals surface area contributed by atoms with Crippen molar-refractivity contribution in [2.75, 3.05) is 0 Å². The zero-order valence-corrected chi connectivity index (χ0v) is 35.8. The van der Waals surface area contributed by atoms with Gasteiger partial charge < -0.3 is 18.1 Å². The molecule has 2 bridgehead atoms. The second kappa shape index (κ2) is 13.4. The molecule has 0 radical (unpaired) electrons. The molecule has 5 heteroatoms. The summed E-state index contributed by atoms with van der Waals surface area (Å²) in [5.41, 5.74) is 14.2. The SMILES string of the molecule is CCCC(C)(c1ccc2c(c1)c1c(C)n2C(CC)(c2cc3c4ccccc4n(-c4ccc5c(c4)oc4ccncc45)c3cc2C)C#CC=C1)n1c2ccccc2c2ccccc21. The number of pyridine rings is 1. The zero-order valence-electron chi connectivity index (χ0n) is 35.8. The van der Waals surface area contributed by atoms with Crippen LogP contribution in [0.25, 0.3) is 88.2 Å². The number of aromatic nitrogens is 4. The fraction of sp³-hybridized carbons (Fsp3) is 0.175. The van der Waals surface area contributed by atoms with Crippen molar-refractivity contribution < 1.29 is 4.42 Å². The first-order valence-corrected chi connectivity index (χ1v) is 22.0. The number of furan rings is 1. The van der Waals surface area contributed by atoms with Crippen molar-refractivity contribution in [3.05, 3.63) is 174 Å². The molecule has 62 heavy (non-hydrogen) atoms. The highest BCUT2D eigenvalue weighted by atomic mass is 16.3. The lowest BCUT2D eigenvalue weighted by Gasteiger charge is -2.35. The van der Waals surface area contributed by atoms with Crippen molar-refractivity contribution in [1.82, 2.24) is 18.7 Å². The van der Waals surface area contributed by atoms with E-state index >= 15 is 0 Å². The van der Waals surface area contributed by atoms with E-state index in [0.29, 0.717) is 0 Å². The maximum Gasteiger partial charge on any atom is 0.138 e. The molecule has 1 aliphatic heterocycles. The molecule has 0 aliphatic carbocycles. The van der Waals surface area contributed by atoms with Gasteiger partial charge in [0.15, 0.2) is 0 Å². The van der Waals surface area contributed by atoms with Gasteiger partial charge in [0.1, 0.15) is 16.7 Å². The lowest BCUT2D eigenvalue weighted by Crippen LogP contribution is -2.35. The quantitative estimate of drug-likeness (QED) is 0.151. The van der Waals surface area contributed by atoms with Crippen molar-refractivity contribution in [2.45, 2.75) is 65.0 Å². The first kappa shape index (κ1) is 36.6. The van der Waals surface area contributed by atoms with Gasteiger partial charge in [-0.05, 0) is 123 Å². The highest BCUT2D eigenvalue weighted by Gasteiger charge is 2.38. The van der Waals surface area contributed by atoms with E-state index in [-0.39, 0.29) is 5.54 Å². The number of allylic oxidation sites excluding steroid dienone is 1. The van der Waals surface area contributed by atoms with Gasteiger partial charge in [-0.3, -0.25) is 4.98 Å². The van der Waals surface area contributed by atoms with Crippen molar-refractivity contribution >= 4 is 82.5 Å². The molecule has 1 aliphatic rings. The Kier molecular flexibility index (Phi) is 7.87. The summed E-state index contributed by atoms with van der Waals surface area (Å²) in [6.07, 6.45) is 10.8. The van der Waals surface area contributed by atoms with Crippen LogP contribution in [0.1, 0.15) is 68.0 Å². The number of fused-ring (bicyclic) bond motifs is 14. The Morgan fingerprint density at radius 2 is 1.39 bits per heavy atom. The van der Waals surface area contributed by atoms with Crippen LogP contribution in [-0.4, -0.2) is 18.7 Å². The van der Waals surface area contributed by atoms with Gasteiger partial charge in [0.2, 0.25) is 0 Å². The first-order valence-electron chi connectivity index (χ1n) is 22.0. The third kappa shape index (κ3) is 4.89. The van der Waals surface area contributed by atoms with Crippen molar-refractivity contribution in [3.8, 4) is 17.5 Å². The third-order valence-electron chi connectivity index (χ3n) is 14.2. The first-order chi connectivity index (χ1) is 30.3. The van der Waals surface area contributed by atoms with E-state index in [1.54, 1.807) is 6.20 Å². The molecule has 300 valence electrons. The highest BCUT2D eigenvalue weighted by molar-refractivity contribution is 6.11. The summed E-state index contributed by atoms with van der Waals surface area (Å²) in [5, 5.41) is 8.38. The second-order valence-electron chi connectivity index (χ2n) is 17.5. The third-order valence-corrected chi connectivity index (χ3v) is 14.2. The van der Waals surface area contributed by atoms with E-state index in [4.69, 9.17) is 4.42 Å². The maximum absolute atomic E-state index is 6.36. The number of benzene rings is 6. The highest BCUT2D eigenvalue weighted by Crippen LogP contribution is 2.46. The number of para-hydroxylation sites is 3. The van der Waals surface area contributed by atoms with Crippen LogP contribution in [0.4, 0.5) is 0 Å². The topological polar surface area (TPSA) is 40.8 Å². The maximum atomic E-state index is 6.36. The van der Waals surface area contributed by atoms with Gasteiger partial charge in [-0.25, -0.2) is 0 Å². The standard InChI is InChI=1S/C57H46N4O/c1-6-28-56(5,61-50-21-12-9-17-41(50)42-18-10-13-22-51(42)61)38-23-26-52-45(32-38)40-16-14-15-29-57(7-2,60(52)37(40)4)48-34-46-43-19-8-11-20-49(43)59(53(46)31-36(48)3)39-24-25-44-47-35-58-30-27-54(47)62-55(44)33-39/h8-14,16-27,30-35H,6-7,28H2,1-5H3. The molecule has 0 N–H and O–H groups in total. The van der Waals surface area contributed by atoms with Crippen LogP contribution in [-0.2, 0) is 11.1 Å². The van der Waals surface area contributed by atoms with Crippen LogP contribution in [0.5, 0.6) is 0 Å². The van der Waals surface area contributed by atoms with Crippen LogP contribution in [0.3, 0.4) is 0 Å². The molecule has 2 atom stereocenters. The van der Waals surface area contributed by atoms with Gasteiger partial charge in [-0.15, -0.1) is 0 Å². The summed E-state index contributed by atoms with van der Waals surface area (Å²) < 4.78 is 13.9. The molecule has 12 rings (SSSR count). The Hall–Kier alpha value is -7.29. The van der Waals surface area contributed by atoms with E-state index in [1.165, 1.54) is 71.4 Å². The molecule has 0 amide bonds. The molecule has 5 aromatic heterocycles. The van der Waals surface area contributed by atoms with E-state index in [9.17, 15) is 0 Å². The zero-order chi connectivity index (χ0) is 41.9. The van der Waals surface area contributed by atoms with Crippen LogP contribution >= 0.6 is 0 Å². The Balaban J connectivity index is 1.06. The number of nitrogens with zero attached hydrogens (tertiary/aromatic N) is 4. The number of aryl methyl sites for hydroxylation is 1. The average Bonchev–Trinajstić information content (AvgIpc) is 4.02. The predicted octanol–water partition coefficient (Wildman–Crippen LogP) is 14.5. The van der Waals surface area contributed by atoms with Gasteiger partial charge in [0.25, 0.3) is 0 Å². The molecule has 0 spiro atoms. The number of hydrogen-bond acceptors (Lipinski definition) is 2. The summed E-state index contributed by atoms with van der Waals surface area (Å²) in [6, 6.07) is 47.1. The summed E-state index contributed by atoms with van der Waals surface area (Å²) >= 11 is 0. The summed E-state index contributed by atoms with van der Waals surface area (Å²) in [7, 11) is 0. The minimum Gasteiger partial charge on any atom is -0.456 e. The summed E-state index contributed by atoms with van der Waals surface area (Å²) in [6.45, 7) is 11.6. The normalized spacial score (nSPS) is 16.1. The predicted molar refractivity (Wildman–Crippen MR) is 259 cm³/mol. The fourth-order valence-corrected chi connectivity index (χ4v) is 11.4. The molecule has 0 saturated heterocycles. The Morgan fingerprint density at radius 1 is 0.661 bits per heavy atom. The van der Waals surface area contributed by atoms with Gasteiger partial charge in [0, 0.05) is 84.1 Å². The molecular weight excluding hydrogens is 757 g/mol. The molecular formula is C57H46N4O. The summed E-state index contributed by atoms with van der Waals surface area (Å²) in [4.78, 5) is 4.36. The van der Waals surface area contributed by atoms with Crippen molar-refractivity contribution in [3.63, 3.8) is 0 Å². The Labute approximate surface area is 360 Å². The number of rotatable bonds is 7. The van der Waals surface area contributed by atoms with E-state index < -0.39 is 5.54 Å². The molecule has 0 fully saturated rings. The fourth-order valence-electron chi connectivity index (χ4n) is 11.4. The molecule has 5 nitrogen and oxygen atoms in total. The smallest absolute Gasteiger partial charge is 0.138 e. The number of hydrogen-bond donors (Lipinski definition) is 0. The molecule has 0 saturated carbocycles. The summed E-state index contributed by atoms with van der Waals surface area (Å²) in [5.74, 6) is 7.43. The monoisotopic (exact) mass is 802 g/mol. The van der Waals surface area contributed by atoms with E-state index in [1.807, 2.05) is 12.3 Å². The van der Waals surface area contributed by atoms with Crippen molar-refractivity contribution in [2.24, 2.45) is 0 Å². The minimum absolute atomic E-state index is 0.289. The average molecular weight is 803 g/mol. The minimum atomic E-state index is -0.616. The molecule has 2 unspecified atom stereocenters. The van der Waals surface area contributed by atoms with Crippen molar-refractivity contribution in [1.29, 1.82) is 0 Å². The Bertz CT molecular complexity index is 3710. The van der Waals surface area contributed by atoms with Crippen LogP contribution in [0.2, 0.25) is 0 Å². The van der Waals surface area contributed by atoms with E-state index in [0.717, 1.165) is 57.9 Å². The van der Waals surface area contributed by atoms with E-state index in [2.05, 4.69) is 199 Å². The second-order valence-corrected chi connectivity index (χ2v) is 17.5. The van der Waals surface area contributed by atoms with Gasteiger partial charge >= 0.3 is 0 Å². The Morgan fingerprint density at radius 3 is 2.13 bits per heavy atom. The van der Waals surface area contributed by atoms with Gasteiger partial charge in [-0.2, -0.15) is 0 Å². The molecule has 6 heterocycles. The van der Waals surface area contributed by atoms with Gasteiger partial charge in [-0.1, -0.05) is 92.8 Å².